The van der Waals surface area contributed by atoms with E-state index in [1.165, 1.54) is 17.4 Å². The van der Waals surface area contributed by atoms with Crippen LogP contribution < -0.4 is 15.9 Å². The Balaban J connectivity index is 1.63. The number of hydrazine groups is 1. The summed E-state index contributed by atoms with van der Waals surface area (Å²) in [5.41, 5.74) is 0.980. The topological polar surface area (TPSA) is 113 Å². The minimum Gasteiger partial charge on any atom is -0.320 e. The first-order valence-electron chi connectivity index (χ1n) is 8.28. The molecule has 2 N–H and O–H groups in total. The number of alkyl halides is 3. The molecule has 0 aliphatic carbocycles. The number of halogens is 4. The highest BCUT2D eigenvalue weighted by atomic mass is 35.5. The predicted molar refractivity (Wildman–Crippen MR) is 100 cm³/mol. The fraction of sp³-hybridized carbons (Fsp3) is 0.125. The maximum absolute atomic E-state index is 13.7. The second kappa shape index (κ2) is 7.68. The van der Waals surface area contributed by atoms with Crippen molar-refractivity contribution in [2.75, 3.05) is 17.0 Å². The number of rotatable bonds is 4. The van der Waals surface area contributed by atoms with E-state index in [0.717, 1.165) is 24.9 Å². The molecule has 1 aliphatic heterocycles. The summed E-state index contributed by atoms with van der Waals surface area (Å²) in [4.78, 5) is 24.0. The molecule has 1 amide bonds. The second-order valence-electron chi connectivity index (χ2n) is 5.87. The molecule has 10 nitrogen and oxygen atoms in total. The summed E-state index contributed by atoms with van der Waals surface area (Å²) in [6.45, 7) is 0.493. The Kier molecular flexibility index (Phi) is 5.05. The number of hydrogen-bond donors (Lipinski definition) is 2. The van der Waals surface area contributed by atoms with E-state index in [1.807, 2.05) is 0 Å². The van der Waals surface area contributed by atoms with E-state index in [1.54, 1.807) is 6.21 Å². The molecular formula is C16H11ClF3N9O. The second-order valence-corrected chi connectivity index (χ2v) is 6.28. The first-order chi connectivity index (χ1) is 14.3. The van der Waals surface area contributed by atoms with Crippen LogP contribution in [0.1, 0.15) is 16.1 Å². The summed E-state index contributed by atoms with van der Waals surface area (Å²) >= 11 is 6.15. The number of nitrogens with one attached hydrogen (secondary N) is 2. The van der Waals surface area contributed by atoms with Crippen molar-refractivity contribution >= 4 is 35.2 Å². The number of carbonyl (C=O) groups is 1. The third-order valence-corrected chi connectivity index (χ3v) is 4.16. The van der Waals surface area contributed by atoms with E-state index in [0.29, 0.717) is 11.2 Å². The average molecular weight is 438 g/mol. The molecule has 0 radical (unpaired) electrons. The van der Waals surface area contributed by atoms with Gasteiger partial charge in [-0.25, -0.2) is 25.1 Å². The van der Waals surface area contributed by atoms with E-state index in [4.69, 9.17) is 11.6 Å². The highest BCUT2D eigenvalue weighted by Crippen LogP contribution is 2.34. The number of hydrogen-bond acceptors (Lipinski definition) is 8. The highest BCUT2D eigenvalue weighted by molar-refractivity contribution is 6.33. The van der Waals surface area contributed by atoms with Gasteiger partial charge in [0.05, 0.1) is 47.6 Å². The fourth-order valence-electron chi connectivity index (χ4n) is 2.66. The van der Waals surface area contributed by atoms with Crippen molar-refractivity contribution in [2.45, 2.75) is 6.18 Å². The van der Waals surface area contributed by atoms with E-state index in [9.17, 15) is 18.0 Å². The van der Waals surface area contributed by atoms with E-state index in [-0.39, 0.29) is 22.2 Å². The van der Waals surface area contributed by atoms with Gasteiger partial charge in [-0.2, -0.15) is 28.5 Å². The van der Waals surface area contributed by atoms with Crippen molar-refractivity contribution in [3.63, 3.8) is 0 Å². The van der Waals surface area contributed by atoms with Gasteiger partial charge in [-0.3, -0.25) is 4.79 Å². The lowest BCUT2D eigenvalue weighted by molar-refractivity contribution is -0.143. The zero-order valence-corrected chi connectivity index (χ0v) is 15.6. The van der Waals surface area contributed by atoms with Crippen LogP contribution >= 0.6 is 11.6 Å². The molecule has 4 rings (SSSR count). The van der Waals surface area contributed by atoms with Gasteiger partial charge in [0, 0.05) is 6.21 Å². The van der Waals surface area contributed by atoms with Crippen molar-refractivity contribution in [2.24, 2.45) is 5.10 Å². The number of aromatic nitrogens is 5. The molecule has 0 spiro atoms. The maximum Gasteiger partial charge on any atom is 0.434 e. The molecule has 4 heterocycles. The molecule has 14 heteroatoms. The minimum absolute atomic E-state index is 0.0448. The summed E-state index contributed by atoms with van der Waals surface area (Å²) in [5, 5.41) is 11.5. The Morgan fingerprint density at radius 2 is 1.97 bits per heavy atom. The number of amides is 1. The number of carbonyl (C=O) groups excluding carboxylic acids is 1. The average Bonchev–Trinajstić information content (AvgIpc) is 3.38. The van der Waals surface area contributed by atoms with Crippen molar-refractivity contribution < 1.29 is 18.0 Å². The first-order valence-corrected chi connectivity index (χ1v) is 8.66. The van der Waals surface area contributed by atoms with Gasteiger partial charge in [-0.1, -0.05) is 11.6 Å². The molecule has 3 aromatic rings. The summed E-state index contributed by atoms with van der Waals surface area (Å²) in [6.07, 6.45) is 2.26. The largest absolute Gasteiger partial charge is 0.434 e. The molecule has 0 unspecified atom stereocenters. The Bertz CT molecular complexity index is 1120. The maximum atomic E-state index is 13.7. The lowest BCUT2D eigenvalue weighted by Gasteiger charge is -2.15. The van der Waals surface area contributed by atoms with Gasteiger partial charge < -0.3 is 5.32 Å². The molecule has 0 saturated heterocycles. The van der Waals surface area contributed by atoms with Gasteiger partial charge in [0.15, 0.2) is 11.5 Å². The Morgan fingerprint density at radius 3 is 2.60 bits per heavy atom. The zero-order chi connectivity index (χ0) is 21.3. The van der Waals surface area contributed by atoms with Crippen molar-refractivity contribution in [3.05, 3.63) is 53.5 Å². The van der Waals surface area contributed by atoms with Gasteiger partial charge >= 0.3 is 6.18 Å². The Hall–Kier alpha value is -3.58. The molecule has 30 heavy (non-hydrogen) atoms. The standard InChI is InChI=1S/C16H11ClF3N9O/c17-12-3-9(4-23-14(12)29-24-1-2-25-29)27-15(30)11-7-26-28(13(11)16(18,19)20)10-5-21-8-22-6-10/h1,3-8,25H,2H2,(H,27,30). The molecule has 0 bridgehead atoms. The summed E-state index contributed by atoms with van der Waals surface area (Å²) in [7, 11) is 0. The van der Waals surface area contributed by atoms with Crippen LogP contribution in [-0.4, -0.2) is 43.4 Å². The normalized spacial score (nSPS) is 13.7. The first kappa shape index (κ1) is 19.7. The summed E-state index contributed by atoms with van der Waals surface area (Å²) in [6, 6.07) is 1.35. The van der Waals surface area contributed by atoms with Crippen LogP contribution in [0.4, 0.5) is 24.7 Å². The Labute approximate surface area is 171 Å². The molecule has 0 saturated carbocycles. The minimum atomic E-state index is -4.86. The lowest BCUT2D eigenvalue weighted by atomic mass is 10.2. The molecule has 0 aromatic carbocycles. The van der Waals surface area contributed by atoms with Gasteiger partial charge in [0.2, 0.25) is 0 Å². The van der Waals surface area contributed by atoms with Gasteiger partial charge in [-0.15, -0.1) is 0 Å². The summed E-state index contributed by atoms with van der Waals surface area (Å²) < 4.78 is 41.6. The Morgan fingerprint density at radius 1 is 1.20 bits per heavy atom. The third-order valence-electron chi connectivity index (χ3n) is 3.88. The van der Waals surface area contributed by atoms with Gasteiger partial charge in [-0.05, 0) is 6.07 Å². The van der Waals surface area contributed by atoms with Gasteiger partial charge in [0.1, 0.15) is 12.0 Å². The van der Waals surface area contributed by atoms with Crippen LogP contribution in [0.3, 0.4) is 0 Å². The fourth-order valence-corrected chi connectivity index (χ4v) is 2.90. The van der Waals surface area contributed by atoms with Crippen LogP contribution in [0.5, 0.6) is 0 Å². The lowest BCUT2D eigenvalue weighted by Crippen LogP contribution is -2.29. The van der Waals surface area contributed by atoms with Crippen LogP contribution in [-0.2, 0) is 6.18 Å². The monoisotopic (exact) mass is 437 g/mol. The molecule has 0 fully saturated rings. The van der Waals surface area contributed by atoms with Crippen molar-refractivity contribution in [1.29, 1.82) is 0 Å². The van der Waals surface area contributed by atoms with Crippen LogP contribution in [0, 0.1) is 0 Å². The summed E-state index contributed by atoms with van der Waals surface area (Å²) in [5.74, 6) is -0.760. The van der Waals surface area contributed by atoms with Crippen LogP contribution in [0.15, 0.2) is 42.3 Å². The van der Waals surface area contributed by atoms with Crippen LogP contribution in [0.25, 0.3) is 5.69 Å². The quantitative estimate of drug-likeness (QED) is 0.643. The number of hydrazone groups is 1. The number of anilines is 2. The molecule has 154 valence electrons. The smallest absolute Gasteiger partial charge is 0.320 e. The highest BCUT2D eigenvalue weighted by Gasteiger charge is 2.40. The molecular weight excluding hydrogens is 427 g/mol. The van der Waals surface area contributed by atoms with Crippen molar-refractivity contribution in [3.8, 4) is 5.69 Å². The molecule has 1 aliphatic rings. The van der Waals surface area contributed by atoms with E-state index >= 15 is 0 Å². The van der Waals surface area contributed by atoms with Crippen LogP contribution in [0.2, 0.25) is 5.02 Å². The number of nitrogens with zero attached hydrogens (tertiary/aromatic N) is 7. The predicted octanol–water partition coefficient (Wildman–Crippen LogP) is 2.29. The van der Waals surface area contributed by atoms with E-state index < -0.39 is 23.3 Å². The third kappa shape index (κ3) is 3.79. The molecule has 3 aromatic heterocycles. The number of pyridine rings is 1. The molecule has 0 atom stereocenters. The van der Waals surface area contributed by atoms with Crippen molar-refractivity contribution in [1.82, 2.24) is 30.2 Å². The van der Waals surface area contributed by atoms with E-state index in [2.05, 4.69) is 35.9 Å². The zero-order valence-electron chi connectivity index (χ0n) is 14.8. The SMILES string of the molecule is O=C(Nc1cnc(N2N=CCN2)c(Cl)c1)c1cnn(-c2cncnc2)c1C(F)(F)F. The van der Waals surface area contributed by atoms with Gasteiger partial charge in [0.25, 0.3) is 5.91 Å².